The number of aryl methyl sites for hydroxylation is 1. The molecule has 0 saturated heterocycles. The fourth-order valence-corrected chi connectivity index (χ4v) is 3.48. The highest BCUT2D eigenvalue weighted by Gasteiger charge is 2.24. The van der Waals surface area contributed by atoms with Gasteiger partial charge in [0.15, 0.2) is 5.78 Å². The second kappa shape index (κ2) is 8.22. The van der Waals surface area contributed by atoms with Gasteiger partial charge in [-0.3, -0.25) is 9.59 Å². The van der Waals surface area contributed by atoms with Crippen molar-refractivity contribution in [3.8, 4) is 0 Å². The highest BCUT2D eigenvalue weighted by atomic mass is 32.1. The summed E-state index contributed by atoms with van der Waals surface area (Å²) in [7, 11) is 0. The molecule has 128 valence electrons. The minimum atomic E-state index is -0.249. The Morgan fingerprint density at radius 2 is 1.92 bits per heavy atom. The van der Waals surface area contributed by atoms with Gasteiger partial charge >= 0.3 is 0 Å². The molecule has 1 aromatic heterocycles. The van der Waals surface area contributed by atoms with Crippen LogP contribution in [0, 0.1) is 6.92 Å². The number of ketones is 1. The van der Waals surface area contributed by atoms with Gasteiger partial charge in [-0.05, 0) is 44.5 Å². The molecule has 0 spiro atoms. The van der Waals surface area contributed by atoms with Gasteiger partial charge in [-0.1, -0.05) is 19.1 Å². The van der Waals surface area contributed by atoms with E-state index in [9.17, 15) is 14.7 Å². The van der Waals surface area contributed by atoms with Crippen molar-refractivity contribution in [2.75, 3.05) is 6.61 Å². The van der Waals surface area contributed by atoms with Crippen LogP contribution in [0.15, 0.2) is 36.4 Å². The zero-order chi connectivity index (χ0) is 17.7. The van der Waals surface area contributed by atoms with E-state index in [0.717, 1.165) is 4.88 Å². The van der Waals surface area contributed by atoms with Crippen LogP contribution >= 0.6 is 11.3 Å². The molecule has 0 saturated carbocycles. The minimum absolute atomic E-state index is 0.0701. The van der Waals surface area contributed by atoms with Crippen molar-refractivity contribution in [3.05, 3.63) is 57.3 Å². The predicted molar refractivity (Wildman–Crippen MR) is 96.5 cm³/mol. The van der Waals surface area contributed by atoms with Crippen molar-refractivity contribution in [1.29, 1.82) is 0 Å². The van der Waals surface area contributed by atoms with Gasteiger partial charge in [0.2, 0.25) is 0 Å². The van der Waals surface area contributed by atoms with Crippen LogP contribution in [-0.2, 0) is 6.54 Å². The third kappa shape index (κ3) is 4.30. The first-order valence-electron chi connectivity index (χ1n) is 8.04. The summed E-state index contributed by atoms with van der Waals surface area (Å²) < 4.78 is 0. The normalized spacial score (nSPS) is 12.0. The maximum Gasteiger partial charge on any atom is 0.254 e. The zero-order valence-corrected chi connectivity index (χ0v) is 15.1. The molecule has 0 aliphatic carbocycles. The number of carbonyl (C=O) groups excluding carboxylic acids is 2. The number of aliphatic hydroxyl groups excluding tert-OH is 1. The van der Waals surface area contributed by atoms with Gasteiger partial charge in [-0.2, -0.15) is 0 Å². The van der Waals surface area contributed by atoms with Crippen LogP contribution < -0.4 is 0 Å². The van der Waals surface area contributed by atoms with E-state index in [4.69, 9.17) is 0 Å². The summed E-state index contributed by atoms with van der Waals surface area (Å²) in [6, 6.07) is 10.6. The van der Waals surface area contributed by atoms with E-state index >= 15 is 0 Å². The highest BCUT2D eigenvalue weighted by Crippen LogP contribution is 2.21. The van der Waals surface area contributed by atoms with E-state index in [0.29, 0.717) is 24.1 Å². The molecule has 0 bridgehead atoms. The summed E-state index contributed by atoms with van der Waals surface area (Å²) in [5.74, 6) is -0.232. The third-order valence-electron chi connectivity index (χ3n) is 4.02. The smallest absolute Gasteiger partial charge is 0.254 e. The molecule has 5 heteroatoms. The van der Waals surface area contributed by atoms with Crippen LogP contribution in [0.1, 0.15) is 50.7 Å². The maximum absolute atomic E-state index is 13.0. The minimum Gasteiger partial charge on any atom is -0.394 e. The SMILES string of the molecule is CC[C@H](CO)N(Cc1ccc(C)s1)C(=O)c1cccc(C(C)=O)c1. The van der Waals surface area contributed by atoms with Crippen LogP contribution in [0.2, 0.25) is 0 Å². The molecule has 0 radical (unpaired) electrons. The summed E-state index contributed by atoms with van der Waals surface area (Å²) in [6.45, 7) is 5.84. The second-order valence-electron chi connectivity index (χ2n) is 5.83. The van der Waals surface area contributed by atoms with Crippen LogP contribution in [0.25, 0.3) is 0 Å². The Labute approximate surface area is 146 Å². The lowest BCUT2D eigenvalue weighted by atomic mass is 10.1. The summed E-state index contributed by atoms with van der Waals surface area (Å²) >= 11 is 1.65. The monoisotopic (exact) mass is 345 g/mol. The molecule has 2 rings (SSSR count). The summed E-state index contributed by atoms with van der Waals surface area (Å²) in [5.41, 5.74) is 0.993. The number of rotatable bonds is 7. The lowest BCUT2D eigenvalue weighted by Crippen LogP contribution is -2.41. The molecular weight excluding hydrogens is 322 g/mol. The molecule has 0 fully saturated rings. The fraction of sp³-hybridized carbons (Fsp3) is 0.368. The Morgan fingerprint density at radius 3 is 2.46 bits per heavy atom. The topological polar surface area (TPSA) is 57.6 Å². The zero-order valence-electron chi connectivity index (χ0n) is 14.3. The first-order valence-corrected chi connectivity index (χ1v) is 8.86. The summed E-state index contributed by atoms with van der Waals surface area (Å²) in [5, 5.41) is 9.67. The van der Waals surface area contributed by atoms with Crippen molar-refractivity contribution < 1.29 is 14.7 Å². The molecule has 24 heavy (non-hydrogen) atoms. The Hall–Kier alpha value is -1.98. The Morgan fingerprint density at radius 1 is 1.21 bits per heavy atom. The van der Waals surface area contributed by atoms with Crippen LogP contribution in [-0.4, -0.2) is 34.3 Å². The number of amides is 1. The lowest BCUT2D eigenvalue weighted by Gasteiger charge is -2.30. The number of nitrogens with zero attached hydrogens (tertiary/aromatic N) is 1. The standard InChI is InChI=1S/C19H23NO3S/c1-4-17(12-21)20(11-18-9-8-13(2)24-18)19(23)16-7-5-6-15(10-16)14(3)22/h5-10,17,21H,4,11-12H2,1-3H3/t17-/m1/s1. The molecule has 1 atom stereocenters. The van der Waals surface area contributed by atoms with Gasteiger partial charge in [-0.25, -0.2) is 0 Å². The Balaban J connectivity index is 2.33. The summed E-state index contributed by atoms with van der Waals surface area (Å²) in [6.07, 6.45) is 0.666. The molecule has 0 aliphatic rings. The quantitative estimate of drug-likeness (QED) is 0.779. The number of Topliss-reactive ketones (excluding diaryl/α,β-unsaturated/α-hetero) is 1. The predicted octanol–water partition coefficient (Wildman–Crippen LogP) is 3.67. The van der Waals surface area contributed by atoms with Crippen LogP contribution in [0.3, 0.4) is 0 Å². The molecule has 1 N–H and O–H groups in total. The first-order chi connectivity index (χ1) is 11.5. The van der Waals surface area contributed by atoms with Gasteiger partial charge in [0.1, 0.15) is 0 Å². The van der Waals surface area contributed by atoms with E-state index in [2.05, 4.69) is 0 Å². The van der Waals surface area contributed by atoms with Crippen LogP contribution in [0.4, 0.5) is 0 Å². The lowest BCUT2D eigenvalue weighted by molar-refractivity contribution is 0.0566. The van der Waals surface area contributed by atoms with E-state index in [1.165, 1.54) is 11.8 Å². The number of hydrogen-bond donors (Lipinski definition) is 1. The van der Waals surface area contributed by atoms with Gasteiger partial charge in [0, 0.05) is 20.9 Å². The van der Waals surface area contributed by atoms with E-state index in [-0.39, 0.29) is 24.3 Å². The second-order valence-corrected chi connectivity index (χ2v) is 7.20. The largest absolute Gasteiger partial charge is 0.394 e. The molecule has 2 aromatic rings. The van der Waals surface area contributed by atoms with Gasteiger partial charge < -0.3 is 10.0 Å². The average Bonchev–Trinajstić information content (AvgIpc) is 2.99. The molecule has 0 aliphatic heterocycles. The van der Waals surface area contributed by atoms with Crippen molar-refractivity contribution in [1.82, 2.24) is 4.90 Å². The number of aliphatic hydroxyl groups is 1. The van der Waals surface area contributed by atoms with Crippen LogP contribution in [0.5, 0.6) is 0 Å². The molecule has 4 nitrogen and oxygen atoms in total. The molecule has 1 heterocycles. The first kappa shape index (κ1) is 18.4. The van der Waals surface area contributed by atoms with Crippen molar-refractivity contribution in [3.63, 3.8) is 0 Å². The van der Waals surface area contributed by atoms with Gasteiger partial charge in [-0.15, -0.1) is 11.3 Å². The summed E-state index contributed by atoms with van der Waals surface area (Å²) in [4.78, 5) is 28.5. The fourth-order valence-electron chi connectivity index (χ4n) is 2.59. The number of carbonyl (C=O) groups is 2. The van der Waals surface area contributed by atoms with Crippen molar-refractivity contribution >= 4 is 23.0 Å². The third-order valence-corrected chi connectivity index (χ3v) is 5.01. The maximum atomic E-state index is 13.0. The van der Waals surface area contributed by atoms with E-state index in [1.807, 2.05) is 26.0 Å². The average molecular weight is 345 g/mol. The highest BCUT2D eigenvalue weighted by molar-refractivity contribution is 7.11. The van der Waals surface area contributed by atoms with Crippen molar-refractivity contribution in [2.24, 2.45) is 0 Å². The van der Waals surface area contributed by atoms with Gasteiger partial charge in [0.25, 0.3) is 5.91 Å². The Bertz CT molecular complexity index is 719. The van der Waals surface area contributed by atoms with E-state index in [1.54, 1.807) is 40.5 Å². The molecular formula is C19H23NO3S. The molecule has 0 unspecified atom stereocenters. The molecule has 1 amide bonds. The number of benzene rings is 1. The van der Waals surface area contributed by atoms with E-state index < -0.39 is 0 Å². The molecule has 1 aromatic carbocycles. The van der Waals surface area contributed by atoms with Crippen molar-refractivity contribution in [2.45, 2.75) is 39.8 Å². The number of hydrogen-bond acceptors (Lipinski definition) is 4. The van der Waals surface area contributed by atoms with Gasteiger partial charge in [0.05, 0.1) is 19.2 Å². The number of thiophene rings is 1. The Kier molecular flexibility index (Phi) is 6.29.